The summed E-state index contributed by atoms with van der Waals surface area (Å²) < 4.78 is 38.8. The Kier molecular flexibility index (Phi) is 10.3. The third kappa shape index (κ3) is 11.4. The van der Waals surface area contributed by atoms with Crippen LogP contribution in [0.2, 0.25) is 0 Å². The lowest BCUT2D eigenvalue weighted by atomic mass is 10.0. The normalized spacial score (nSPS) is 12.6. The molecule has 0 radical (unpaired) electrons. The molecule has 1 aromatic heterocycles. The molecule has 1 aromatic rings. The van der Waals surface area contributed by atoms with E-state index < -0.39 is 10.4 Å². The molecule has 0 fully saturated rings. The standard InChI is InChI=1S/C8H18O4S.C6H11N2/c1-3-5-6-8(4-2)7-12-13(9,10)11;1-3-8-5-4-7(2)6-8/h8H,3-7H2,1-2H3,(H,9,10,11);4-6H,3H2,1-2H3/q;+1/p-1. The van der Waals surface area contributed by atoms with Crippen molar-refractivity contribution < 1.29 is 21.7 Å². The molecule has 0 N–H and O–H groups in total. The molecule has 0 spiro atoms. The number of aryl methyl sites for hydroxylation is 2. The molecule has 1 rings (SSSR count). The van der Waals surface area contributed by atoms with Crippen LogP contribution in [0.3, 0.4) is 0 Å². The van der Waals surface area contributed by atoms with Gasteiger partial charge in [-0.3, -0.25) is 4.18 Å². The van der Waals surface area contributed by atoms with Gasteiger partial charge in [0.15, 0.2) is 0 Å². The molecule has 0 aromatic carbocycles. The van der Waals surface area contributed by atoms with E-state index in [1.807, 2.05) is 24.7 Å². The highest BCUT2D eigenvalue weighted by Gasteiger charge is 2.07. The van der Waals surface area contributed by atoms with Gasteiger partial charge < -0.3 is 4.55 Å². The van der Waals surface area contributed by atoms with Gasteiger partial charge >= 0.3 is 0 Å². The molecule has 21 heavy (non-hydrogen) atoms. The zero-order valence-electron chi connectivity index (χ0n) is 13.5. The van der Waals surface area contributed by atoms with Crippen molar-refractivity contribution in [2.45, 2.75) is 53.0 Å². The van der Waals surface area contributed by atoms with E-state index in [9.17, 15) is 13.0 Å². The maximum absolute atomic E-state index is 10.1. The Morgan fingerprint density at radius 3 is 2.33 bits per heavy atom. The van der Waals surface area contributed by atoms with Crippen molar-refractivity contribution in [1.82, 2.24) is 4.57 Å². The molecular weight excluding hydrogens is 292 g/mol. The second kappa shape index (κ2) is 10.8. The number of aromatic nitrogens is 2. The monoisotopic (exact) mass is 320 g/mol. The van der Waals surface area contributed by atoms with Crippen LogP contribution in [0.1, 0.15) is 46.5 Å². The van der Waals surface area contributed by atoms with Crippen LogP contribution in [-0.4, -0.2) is 24.1 Å². The first kappa shape index (κ1) is 20.1. The Balaban J connectivity index is 0.000000423. The molecule has 1 unspecified atom stereocenters. The molecule has 0 aliphatic carbocycles. The van der Waals surface area contributed by atoms with Crippen molar-refractivity contribution in [2.24, 2.45) is 13.0 Å². The van der Waals surface area contributed by atoms with Gasteiger partial charge in [0.25, 0.3) is 0 Å². The summed E-state index contributed by atoms with van der Waals surface area (Å²) >= 11 is 0. The van der Waals surface area contributed by atoms with Crippen molar-refractivity contribution in [3.63, 3.8) is 0 Å². The van der Waals surface area contributed by atoms with Crippen LogP contribution in [0.25, 0.3) is 0 Å². The minimum absolute atomic E-state index is 0.0301. The number of unbranched alkanes of at least 4 members (excludes halogenated alkanes) is 1. The molecule has 7 heteroatoms. The van der Waals surface area contributed by atoms with Gasteiger partial charge in [-0.1, -0.05) is 33.1 Å². The Bertz CT molecular complexity index is 471. The Morgan fingerprint density at radius 2 is 2.00 bits per heavy atom. The lowest BCUT2D eigenvalue weighted by Gasteiger charge is -2.15. The van der Waals surface area contributed by atoms with Gasteiger partial charge in [0.05, 0.1) is 20.2 Å². The van der Waals surface area contributed by atoms with E-state index in [-0.39, 0.29) is 12.5 Å². The highest BCUT2D eigenvalue weighted by atomic mass is 32.3. The SMILES string of the molecule is CCCCC(CC)COS(=O)(=O)[O-].CCn1cc[n+](C)c1. The third-order valence-corrected chi connectivity index (χ3v) is 3.60. The maximum atomic E-state index is 10.1. The van der Waals surface area contributed by atoms with Gasteiger partial charge in [-0.15, -0.1) is 0 Å². The summed E-state index contributed by atoms with van der Waals surface area (Å²) in [5, 5.41) is 0. The zero-order valence-corrected chi connectivity index (χ0v) is 14.3. The summed E-state index contributed by atoms with van der Waals surface area (Å²) in [5.74, 6) is 0.184. The first-order valence-electron chi connectivity index (χ1n) is 7.43. The van der Waals surface area contributed by atoms with Crippen LogP contribution in [-0.2, 0) is 28.2 Å². The second-order valence-corrected chi connectivity index (χ2v) is 6.07. The van der Waals surface area contributed by atoms with E-state index in [4.69, 9.17) is 0 Å². The van der Waals surface area contributed by atoms with Crippen LogP contribution in [0.5, 0.6) is 0 Å². The Morgan fingerprint density at radius 1 is 1.33 bits per heavy atom. The first-order chi connectivity index (χ1) is 9.82. The Hall–Kier alpha value is -0.920. The summed E-state index contributed by atoms with van der Waals surface area (Å²) in [6.07, 6.45) is 10.0. The van der Waals surface area contributed by atoms with Crippen LogP contribution in [0, 0.1) is 5.92 Å². The number of hydrogen-bond donors (Lipinski definition) is 0. The highest BCUT2D eigenvalue weighted by Crippen LogP contribution is 2.13. The minimum Gasteiger partial charge on any atom is -0.726 e. The molecule has 0 aliphatic rings. The van der Waals surface area contributed by atoms with E-state index in [0.29, 0.717) is 0 Å². The van der Waals surface area contributed by atoms with Gasteiger partial charge in [0, 0.05) is 0 Å². The van der Waals surface area contributed by atoms with Gasteiger partial charge in [0.2, 0.25) is 16.7 Å². The van der Waals surface area contributed by atoms with Crippen molar-refractivity contribution in [2.75, 3.05) is 6.61 Å². The summed E-state index contributed by atoms with van der Waals surface area (Å²) in [6.45, 7) is 7.24. The zero-order chi connectivity index (χ0) is 16.3. The molecule has 6 nitrogen and oxygen atoms in total. The van der Waals surface area contributed by atoms with E-state index >= 15 is 0 Å². The van der Waals surface area contributed by atoms with Crippen LogP contribution in [0.4, 0.5) is 0 Å². The maximum Gasteiger partial charge on any atom is 0.243 e. The average Bonchev–Trinajstić information content (AvgIpc) is 2.84. The number of imidazole rings is 1. The fraction of sp³-hybridized carbons (Fsp3) is 0.786. The molecular formula is C14H28N2O4S. The van der Waals surface area contributed by atoms with Crippen molar-refractivity contribution in [3.8, 4) is 0 Å². The lowest BCUT2D eigenvalue weighted by Crippen LogP contribution is -2.23. The van der Waals surface area contributed by atoms with E-state index in [1.54, 1.807) is 0 Å². The molecule has 0 saturated carbocycles. The summed E-state index contributed by atoms with van der Waals surface area (Å²) in [5.41, 5.74) is 0. The minimum atomic E-state index is -4.50. The topological polar surface area (TPSA) is 75.2 Å². The predicted molar refractivity (Wildman–Crippen MR) is 80.2 cm³/mol. The number of rotatable bonds is 8. The summed E-state index contributed by atoms with van der Waals surface area (Å²) in [7, 11) is -2.48. The van der Waals surface area contributed by atoms with E-state index in [1.165, 1.54) is 0 Å². The average molecular weight is 320 g/mol. The van der Waals surface area contributed by atoms with Crippen LogP contribution < -0.4 is 4.57 Å². The molecule has 0 amide bonds. The fourth-order valence-corrected chi connectivity index (χ4v) is 2.13. The third-order valence-electron chi connectivity index (χ3n) is 3.18. The highest BCUT2D eigenvalue weighted by molar-refractivity contribution is 7.80. The van der Waals surface area contributed by atoms with E-state index in [0.717, 1.165) is 32.2 Å². The molecule has 0 bridgehead atoms. The fourth-order valence-electron chi connectivity index (χ4n) is 1.77. The summed E-state index contributed by atoms with van der Waals surface area (Å²) in [6, 6.07) is 0. The van der Waals surface area contributed by atoms with Crippen molar-refractivity contribution in [3.05, 3.63) is 18.7 Å². The molecule has 1 heterocycles. The largest absolute Gasteiger partial charge is 0.726 e. The van der Waals surface area contributed by atoms with Crippen LogP contribution >= 0.6 is 0 Å². The second-order valence-electron chi connectivity index (χ2n) is 5.02. The number of nitrogens with zero attached hydrogens (tertiary/aromatic N) is 2. The smallest absolute Gasteiger partial charge is 0.243 e. The quantitative estimate of drug-likeness (QED) is 0.417. The Labute approximate surface area is 128 Å². The van der Waals surface area contributed by atoms with E-state index in [2.05, 4.69) is 35.1 Å². The van der Waals surface area contributed by atoms with Crippen molar-refractivity contribution >= 4 is 10.4 Å². The molecule has 0 saturated heterocycles. The van der Waals surface area contributed by atoms with Crippen molar-refractivity contribution in [1.29, 1.82) is 0 Å². The first-order valence-corrected chi connectivity index (χ1v) is 8.76. The van der Waals surface area contributed by atoms with Gasteiger partial charge in [0.1, 0.15) is 12.4 Å². The number of hydrogen-bond acceptors (Lipinski definition) is 4. The van der Waals surface area contributed by atoms with Gasteiger partial charge in [-0.05, 0) is 19.3 Å². The predicted octanol–water partition coefficient (Wildman–Crippen LogP) is 2.01. The van der Waals surface area contributed by atoms with Crippen LogP contribution in [0.15, 0.2) is 18.7 Å². The molecule has 124 valence electrons. The molecule has 1 atom stereocenters. The van der Waals surface area contributed by atoms with Gasteiger partial charge in [-0.25, -0.2) is 17.6 Å². The molecule has 0 aliphatic heterocycles. The van der Waals surface area contributed by atoms with Gasteiger partial charge in [-0.2, -0.15) is 0 Å². The summed E-state index contributed by atoms with van der Waals surface area (Å²) in [4.78, 5) is 0. The lowest BCUT2D eigenvalue weighted by molar-refractivity contribution is -0.671.